The fourth-order valence-electron chi connectivity index (χ4n) is 7.60. The van der Waals surface area contributed by atoms with E-state index in [2.05, 4.69) is 10.6 Å². The van der Waals surface area contributed by atoms with Crippen LogP contribution >= 0.6 is 0 Å². The fraction of sp³-hybridized carbons (Fsp3) is 0.690. The summed E-state index contributed by atoms with van der Waals surface area (Å²) >= 11 is 0. The molecule has 3 amide bonds. The zero-order valence-corrected chi connectivity index (χ0v) is 22.2. The molecule has 1 aromatic rings. The Morgan fingerprint density at radius 1 is 1.11 bits per heavy atom. The van der Waals surface area contributed by atoms with Gasteiger partial charge in [0.05, 0.1) is 30.1 Å². The SMILES string of the molecule is CC[C@@]12CCC3(O1)C(C(=O)NC1CCCCC1)N([C@@H](CO)C(C)C)C(=O)[C@@H]3[C@@H]2C(=O)Nc1ccccc1. The molecule has 6 atom stereocenters. The van der Waals surface area contributed by atoms with E-state index in [1.165, 1.54) is 6.42 Å². The second kappa shape index (κ2) is 10.0. The van der Waals surface area contributed by atoms with Gasteiger partial charge in [-0.15, -0.1) is 0 Å². The third kappa shape index (κ3) is 4.16. The predicted molar refractivity (Wildman–Crippen MR) is 139 cm³/mol. The maximum atomic E-state index is 14.3. The van der Waals surface area contributed by atoms with Gasteiger partial charge in [0.2, 0.25) is 17.7 Å². The van der Waals surface area contributed by atoms with E-state index in [9.17, 15) is 19.5 Å². The molecule has 2 unspecified atom stereocenters. The third-order valence-corrected chi connectivity index (χ3v) is 9.46. The summed E-state index contributed by atoms with van der Waals surface area (Å²) in [5.41, 5.74) is -1.20. The number of hydrogen-bond donors (Lipinski definition) is 3. The summed E-state index contributed by atoms with van der Waals surface area (Å²) in [4.78, 5) is 43.7. The van der Waals surface area contributed by atoms with E-state index in [0.29, 0.717) is 24.9 Å². The number of hydrogen-bond acceptors (Lipinski definition) is 5. The molecule has 8 nitrogen and oxygen atoms in total. The Labute approximate surface area is 219 Å². The standard InChI is InChI=1S/C29H41N3O5/c1-4-28-15-16-29(37-28)23(22(28)25(34)30-19-11-7-5-8-12-19)27(36)32(21(17-33)18(2)3)24(29)26(35)31-20-13-9-6-10-14-20/h5,7-8,11-12,18,20-24,33H,4,6,9-10,13-17H2,1-3H3,(H,30,34)(H,31,35)/t21-,22+,23-,24?,28-,29?/m0/s1. The number of para-hydroxylation sites is 1. The van der Waals surface area contributed by atoms with Gasteiger partial charge >= 0.3 is 0 Å². The first-order chi connectivity index (χ1) is 17.8. The first kappa shape index (κ1) is 26.2. The normalized spacial score (nSPS) is 34.0. The van der Waals surface area contributed by atoms with Crippen LogP contribution < -0.4 is 10.6 Å². The van der Waals surface area contributed by atoms with Crippen molar-refractivity contribution in [2.75, 3.05) is 11.9 Å². The lowest BCUT2D eigenvalue weighted by Crippen LogP contribution is -2.60. The van der Waals surface area contributed by atoms with Crippen molar-refractivity contribution in [3.8, 4) is 0 Å². The van der Waals surface area contributed by atoms with Gasteiger partial charge in [-0.05, 0) is 50.2 Å². The van der Waals surface area contributed by atoms with Crippen LogP contribution in [0.3, 0.4) is 0 Å². The van der Waals surface area contributed by atoms with Crippen molar-refractivity contribution in [3.63, 3.8) is 0 Å². The highest BCUT2D eigenvalue weighted by atomic mass is 16.5. The molecule has 8 heteroatoms. The summed E-state index contributed by atoms with van der Waals surface area (Å²) in [6, 6.07) is 7.92. The van der Waals surface area contributed by atoms with Gasteiger partial charge in [0.1, 0.15) is 11.6 Å². The van der Waals surface area contributed by atoms with Crippen molar-refractivity contribution >= 4 is 23.4 Å². The second-order valence-electron chi connectivity index (χ2n) is 11.8. The zero-order chi connectivity index (χ0) is 26.4. The molecule has 4 fully saturated rings. The molecule has 202 valence electrons. The Bertz CT molecular complexity index is 1030. The number of benzene rings is 1. The number of carbonyl (C=O) groups is 3. The van der Waals surface area contributed by atoms with E-state index in [-0.39, 0.29) is 36.3 Å². The lowest BCUT2D eigenvalue weighted by Gasteiger charge is -2.39. The second-order valence-corrected chi connectivity index (χ2v) is 11.8. The van der Waals surface area contributed by atoms with Crippen LogP contribution in [-0.2, 0) is 19.1 Å². The van der Waals surface area contributed by atoms with Gasteiger partial charge in [0.15, 0.2) is 0 Å². The molecule has 3 aliphatic heterocycles. The Morgan fingerprint density at radius 2 is 1.81 bits per heavy atom. The number of fused-ring (bicyclic) bond motifs is 1. The van der Waals surface area contributed by atoms with Gasteiger partial charge in [0.25, 0.3) is 0 Å². The third-order valence-electron chi connectivity index (χ3n) is 9.46. The molecule has 1 spiro atoms. The first-order valence-electron chi connectivity index (χ1n) is 14.1. The maximum absolute atomic E-state index is 14.3. The molecular formula is C29H41N3O5. The van der Waals surface area contributed by atoms with Crippen molar-refractivity contribution in [3.05, 3.63) is 30.3 Å². The fourth-order valence-corrected chi connectivity index (χ4v) is 7.60. The topological polar surface area (TPSA) is 108 Å². The molecule has 0 radical (unpaired) electrons. The average Bonchev–Trinajstić information content (AvgIpc) is 3.49. The lowest BCUT2D eigenvalue weighted by atomic mass is 9.65. The van der Waals surface area contributed by atoms with E-state index in [1.807, 2.05) is 51.1 Å². The van der Waals surface area contributed by atoms with Crippen LogP contribution in [0.5, 0.6) is 0 Å². The molecule has 5 rings (SSSR count). The van der Waals surface area contributed by atoms with Crippen LogP contribution in [0.1, 0.15) is 72.1 Å². The summed E-state index contributed by atoms with van der Waals surface area (Å²) in [6.07, 6.45) is 6.93. The predicted octanol–water partition coefficient (Wildman–Crippen LogP) is 3.25. The molecule has 4 aliphatic rings. The number of aliphatic hydroxyl groups excluding tert-OH is 1. The van der Waals surface area contributed by atoms with E-state index in [1.54, 1.807) is 4.90 Å². The number of ether oxygens (including phenoxy) is 1. The molecule has 1 aliphatic carbocycles. The van der Waals surface area contributed by atoms with Crippen LogP contribution in [0, 0.1) is 17.8 Å². The van der Waals surface area contributed by atoms with Crippen molar-refractivity contribution in [1.82, 2.24) is 10.2 Å². The molecule has 3 saturated heterocycles. The average molecular weight is 512 g/mol. The Morgan fingerprint density at radius 3 is 2.43 bits per heavy atom. The molecule has 3 N–H and O–H groups in total. The van der Waals surface area contributed by atoms with Gasteiger partial charge in [-0.25, -0.2) is 0 Å². The summed E-state index contributed by atoms with van der Waals surface area (Å²) < 4.78 is 6.82. The van der Waals surface area contributed by atoms with E-state index in [4.69, 9.17) is 4.74 Å². The van der Waals surface area contributed by atoms with Crippen molar-refractivity contribution in [1.29, 1.82) is 0 Å². The van der Waals surface area contributed by atoms with Gasteiger partial charge in [0, 0.05) is 11.7 Å². The Kier molecular flexibility index (Phi) is 7.09. The van der Waals surface area contributed by atoms with Crippen LogP contribution in [0.2, 0.25) is 0 Å². The molecule has 0 aromatic heterocycles. The summed E-state index contributed by atoms with van der Waals surface area (Å²) in [6.45, 7) is 5.63. The van der Waals surface area contributed by atoms with Crippen molar-refractivity contribution < 1.29 is 24.2 Å². The molecule has 37 heavy (non-hydrogen) atoms. The van der Waals surface area contributed by atoms with Crippen molar-refractivity contribution in [2.24, 2.45) is 17.8 Å². The lowest BCUT2D eigenvalue weighted by molar-refractivity contribution is -0.151. The molecule has 1 saturated carbocycles. The Hall–Kier alpha value is -2.45. The Balaban J connectivity index is 1.54. The molecule has 2 bridgehead atoms. The summed E-state index contributed by atoms with van der Waals surface area (Å²) in [7, 11) is 0. The monoisotopic (exact) mass is 511 g/mol. The minimum atomic E-state index is -1.08. The van der Waals surface area contributed by atoms with Crippen LogP contribution in [-0.4, -0.2) is 63.7 Å². The van der Waals surface area contributed by atoms with Crippen LogP contribution in [0.15, 0.2) is 30.3 Å². The highest BCUT2D eigenvalue weighted by Crippen LogP contribution is 2.64. The highest BCUT2D eigenvalue weighted by molar-refractivity contribution is 6.02. The maximum Gasteiger partial charge on any atom is 0.246 e. The number of aliphatic hydroxyl groups is 1. The first-order valence-corrected chi connectivity index (χ1v) is 14.1. The minimum absolute atomic E-state index is 0.0666. The largest absolute Gasteiger partial charge is 0.394 e. The number of carbonyl (C=O) groups excluding carboxylic acids is 3. The van der Waals surface area contributed by atoms with Gasteiger partial charge < -0.3 is 25.4 Å². The minimum Gasteiger partial charge on any atom is -0.394 e. The molecule has 1 aromatic carbocycles. The number of nitrogens with one attached hydrogen (secondary N) is 2. The van der Waals surface area contributed by atoms with Gasteiger partial charge in [-0.3, -0.25) is 14.4 Å². The summed E-state index contributed by atoms with van der Waals surface area (Å²) in [5, 5.41) is 16.6. The molecule has 3 heterocycles. The van der Waals surface area contributed by atoms with Crippen LogP contribution in [0.25, 0.3) is 0 Å². The van der Waals surface area contributed by atoms with E-state index in [0.717, 1.165) is 25.7 Å². The number of nitrogens with zero attached hydrogens (tertiary/aromatic N) is 1. The molecular weight excluding hydrogens is 470 g/mol. The van der Waals surface area contributed by atoms with Gasteiger partial charge in [-0.1, -0.05) is 58.2 Å². The smallest absolute Gasteiger partial charge is 0.246 e. The van der Waals surface area contributed by atoms with E-state index >= 15 is 0 Å². The highest BCUT2D eigenvalue weighted by Gasteiger charge is 2.79. The van der Waals surface area contributed by atoms with Crippen LogP contribution in [0.4, 0.5) is 5.69 Å². The number of likely N-dealkylation sites (tertiary alicyclic amines) is 1. The number of amides is 3. The zero-order valence-electron chi connectivity index (χ0n) is 22.2. The number of anilines is 1. The van der Waals surface area contributed by atoms with Gasteiger partial charge in [-0.2, -0.15) is 0 Å². The summed E-state index contributed by atoms with van der Waals surface area (Å²) in [5.74, 6) is -2.24. The van der Waals surface area contributed by atoms with Crippen molar-refractivity contribution in [2.45, 2.75) is 101 Å². The van der Waals surface area contributed by atoms with E-state index < -0.39 is 35.1 Å². The number of rotatable bonds is 8. The quantitative estimate of drug-likeness (QED) is 0.497.